The predicted molar refractivity (Wildman–Crippen MR) is 45.4 cm³/mol. The lowest BCUT2D eigenvalue weighted by atomic mass is 10.3. The molecule has 13 heavy (non-hydrogen) atoms. The number of hydrogen-bond donors (Lipinski definition) is 1. The molecule has 3 nitrogen and oxygen atoms in total. The van der Waals surface area contributed by atoms with E-state index in [-0.39, 0.29) is 4.47 Å². The van der Waals surface area contributed by atoms with E-state index in [1.54, 1.807) is 0 Å². The number of halogens is 3. The molecule has 2 N–H and O–H groups in total. The van der Waals surface area contributed by atoms with Gasteiger partial charge >= 0.3 is 0 Å². The number of sulfonamides is 1. The fraction of sp³-hybridized carbons (Fsp3) is 0. The standard InChI is InChI=1S/C6H4BrF2NO2S/c7-3-1-6(13(10,11)12)5(9)2-4(3)8/h1-2H,(H2,10,11,12). The molecule has 72 valence electrons. The Hall–Kier alpha value is -0.530. The third kappa shape index (κ3) is 2.23. The molecule has 7 heteroatoms. The molecule has 0 aliphatic carbocycles. The lowest BCUT2D eigenvalue weighted by Crippen LogP contribution is -2.14. The molecular formula is C6H4BrF2NO2S. The summed E-state index contributed by atoms with van der Waals surface area (Å²) >= 11 is 2.71. The summed E-state index contributed by atoms with van der Waals surface area (Å²) in [7, 11) is -4.14. The first-order valence-corrected chi connectivity index (χ1v) is 5.33. The summed E-state index contributed by atoms with van der Waals surface area (Å²) in [4.78, 5) is -0.735. The first kappa shape index (κ1) is 10.6. The minimum atomic E-state index is -4.14. The van der Waals surface area contributed by atoms with Crippen LogP contribution < -0.4 is 5.14 Å². The van der Waals surface area contributed by atoms with Crippen molar-refractivity contribution in [3.63, 3.8) is 0 Å². The summed E-state index contributed by atoms with van der Waals surface area (Å²) in [6.07, 6.45) is 0. The predicted octanol–water partition coefficient (Wildman–Crippen LogP) is 1.37. The Balaban J connectivity index is 3.50. The Labute approximate surface area is 81.7 Å². The molecule has 0 aromatic heterocycles. The van der Waals surface area contributed by atoms with Crippen molar-refractivity contribution in [1.82, 2.24) is 0 Å². The molecule has 1 aromatic rings. The molecule has 0 amide bonds. The second kappa shape index (κ2) is 3.32. The van der Waals surface area contributed by atoms with Gasteiger partial charge in [-0.2, -0.15) is 0 Å². The van der Waals surface area contributed by atoms with Crippen LogP contribution in [-0.4, -0.2) is 8.42 Å². The van der Waals surface area contributed by atoms with Crippen LogP contribution in [0.15, 0.2) is 21.5 Å². The fourth-order valence-electron chi connectivity index (χ4n) is 0.722. The Morgan fingerprint density at radius 2 is 1.77 bits per heavy atom. The van der Waals surface area contributed by atoms with Gasteiger partial charge in [-0.1, -0.05) is 0 Å². The van der Waals surface area contributed by atoms with Crippen molar-refractivity contribution in [2.24, 2.45) is 5.14 Å². The van der Waals surface area contributed by atoms with Gasteiger partial charge in [0.2, 0.25) is 10.0 Å². The van der Waals surface area contributed by atoms with E-state index < -0.39 is 26.6 Å². The van der Waals surface area contributed by atoms with Gasteiger partial charge in [0.15, 0.2) is 0 Å². The lowest BCUT2D eigenvalue weighted by molar-refractivity contribution is 0.547. The third-order valence-electron chi connectivity index (χ3n) is 1.28. The minimum Gasteiger partial charge on any atom is -0.225 e. The van der Waals surface area contributed by atoms with Crippen LogP contribution in [-0.2, 0) is 10.0 Å². The zero-order chi connectivity index (χ0) is 10.2. The summed E-state index contributed by atoms with van der Waals surface area (Å²) in [6.45, 7) is 0. The van der Waals surface area contributed by atoms with Crippen LogP contribution in [0.5, 0.6) is 0 Å². The van der Waals surface area contributed by atoms with Crippen molar-refractivity contribution >= 4 is 26.0 Å². The van der Waals surface area contributed by atoms with Gasteiger partial charge in [0, 0.05) is 6.07 Å². The largest absolute Gasteiger partial charge is 0.241 e. The zero-order valence-corrected chi connectivity index (χ0v) is 8.49. The highest BCUT2D eigenvalue weighted by molar-refractivity contribution is 9.10. The summed E-state index contributed by atoms with van der Waals surface area (Å²) in [5.74, 6) is -2.09. The van der Waals surface area contributed by atoms with Crippen LogP contribution in [0, 0.1) is 11.6 Å². The maximum atomic E-state index is 12.8. The molecule has 0 unspecified atom stereocenters. The smallest absolute Gasteiger partial charge is 0.225 e. The summed E-state index contributed by atoms with van der Waals surface area (Å²) in [5, 5.41) is 4.67. The SMILES string of the molecule is NS(=O)(=O)c1cc(Br)c(F)cc1F. The first-order chi connectivity index (χ1) is 5.82. The van der Waals surface area contributed by atoms with E-state index in [1.807, 2.05) is 0 Å². The average Bonchev–Trinajstić information content (AvgIpc) is 1.94. The molecule has 0 spiro atoms. The van der Waals surface area contributed by atoms with Crippen molar-refractivity contribution in [2.45, 2.75) is 4.90 Å². The fourth-order valence-corrected chi connectivity index (χ4v) is 1.83. The van der Waals surface area contributed by atoms with Crippen molar-refractivity contribution in [3.8, 4) is 0 Å². The maximum absolute atomic E-state index is 12.8. The molecule has 1 aromatic carbocycles. The van der Waals surface area contributed by atoms with E-state index in [2.05, 4.69) is 21.1 Å². The summed E-state index contributed by atoms with van der Waals surface area (Å²) in [6, 6.07) is 1.23. The lowest BCUT2D eigenvalue weighted by Gasteiger charge is -2.01. The molecule has 1 rings (SSSR count). The second-order valence-corrected chi connectivity index (χ2v) is 4.63. The molecule has 0 fully saturated rings. The van der Waals surface area contributed by atoms with Crippen LogP contribution in [0.1, 0.15) is 0 Å². The number of primary sulfonamides is 1. The zero-order valence-electron chi connectivity index (χ0n) is 6.09. The number of benzene rings is 1. The number of rotatable bonds is 1. The Kier molecular flexibility index (Phi) is 2.69. The Morgan fingerprint density at radius 3 is 2.23 bits per heavy atom. The van der Waals surface area contributed by atoms with Crippen molar-refractivity contribution in [2.75, 3.05) is 0 Å². The average molecular weight is 272 g/mol. The molecule has 0 bridgehead atoms. The van der Waals surface area contributed by atoms with E-state index >= 15 is 0 Å². The third-order valence-corrected chi connectivity index (χ3v) is 2.81. The van der Waals surface area contributed by atoms with Crippen molar-refractivity contribution in [3.05, 3.63) is 28.2 Å². The van der Waals surface area contributed by atoms with Gasteiger partial charge in [-0.25, -0.2) is 22.3 Å². The van der Waals surface area contributed by atoms with Crippen LogP contribution in [0.4, 0.5) is 8.78 Å². The van der Waals surface area contributed by atoms with Crippen LogP contribution in [0.3, 0.4) is 0 Å². The van der Waals surface area contributed by atoms with Crippen molar-refractivity contribution in [1.29, 1.82) is 0 Å². The van der Waals surface area contributed by atoms with Gasteiger partial charge in [-0.3, -0.25) is 0 Å². The normalized spacial score (nSPS) is 11.7. The number of hydrogen-bond acceptors (Lipinski definition) is 2. The molecular weight excluding hydrogens is 268 g/mol. The van der Waals surface area contributed by atoms with Crippen LogP contribution >= 0.6 is 15.9 Å². The Bertz CT molecular complexity index is 446. The molecule has 0 saturated carbocycles. The molecule has 0 radical (unpaired) electrons. The van der Waals surface area contributed by atoms with Gasteiger partial charge in [-0.15, -0.1) is 0 Å². The highest BCUT2D eigenvalue weighted by atomic mass is 79.9. The molecule has 0 heterocycles. The Morgan fingerprint density at radius 1 is 1.23 bits per heavy atom. The van der Waals surface area contributed by atoms with Gasteiger partial charge in [0.1, 0.15) is 16.5 Å². The highest BCUT2D eigenvalue weighted by Crippen LogP contribution is 2.22. The first-order valence-electron chi connectivity index (χ1n) is 2.99. The summed E-state index contributed by atoms with van der Waals surface area (Å²) < 4.78 is 46.7. The van der Waals surface area contributed by atoms with Crippen molar-refractivity contribution < 1.29 is 17.2 Å². The van der Waals surface area contributed by atoms with E-state index in [0.29, 0.717) is 6.07 Å². The second-order valence-electron chi connectivity index (χ2n) is 2.24. The topological polar surface area (TPSA) is 60.2 Å². The molecule has 0 saturated heterocycles. The monoisotopic (exact) mass is 271 g/mol. The molecule has 0 atom stereocenters. The van der Waals surface area contributed by atoms with E-state index in [0.717, 1.165) is 6.07 Å². The molecule has 0 aliphatic rings. The van der Waals surface area contributed by atoms with E-state index in [1.165, 1.54) is 0 Å². The summed E-state index contributed by atoms with van der Waals surface area (Å²) in [5.41, 5.74) is 0. The number of nitrogens with two attached hydrogens (primary N) is 1. The maximum Gasteiger partial charge on any atom is 0.241 e. The van der Waals surface area contributed by atoms with Gasteiger partial charge in [0.25, 0.3) is 0 Å². The molecule has 0 aliphatic heterocycles. The van der Waals surface area contributed by atoms with Gasteiger partial charge < -0.3 is 0 Å². The minimum absolute atomic E-state index is 0.155. The van der Waals surface area contributed by atoms with Gasteiger partial charge in [0.05, 0.1) is 4.47 Å². The van der Waals surface area contributed by atoms with Crippen LogP contribution in [0.25, 0.3) is 0 Å². The highest BCUT2D eigenvalue weighted by Gasteiger charge is 2.16. The quantitative estimate of drug-likeness (QED) is 0.785. The van der Waals surface area contributed by atoms with Gasteiger partial charge in [-0.05, 0) is 22.0 Å². The van der Waals surface area contributed by atoms with E-state index in [9.17, 15) is 17.2 Å². The van der Waals surface area contributed by atoms with Crippen LogP contribution in [0.2, 0.25) is 0 Å². The van der Waals surface area contributed by atoms with E-state index in [4.69, 9.17) is 0 Å².